The van der Waals surface area contributed by atoms with Gasteiger partial charge in [0.15, 0.2) is 0 Å². The van der Waals surface area contributed by atoms with E-state index in [1.54, 1.807) is 0 Å². The van der Waals surface area contributed by atoms with Crippen molar-refractivity contribution in [1.82, 2.24) is 5.32 Å². The molecule has 0 amide bonds. The second-order valence-electron chi connectivity index (χ2n) is 6.06. The van der Waals surface area contributed by atoms with Gasteiger partial charge in [-0.05, 0) is 31.3 Å². The second kappa shape index (κ2) is 8.99. The van der Waals surface area contributed by atoms with Gasteiger partial charge in [0, 0.05) is 18.9 Å². The molecular formula is C13H18F8N2O4. The SMILES string of the molecule is N[C@@H]1CC(F)(F)CC12CCNCC2.O=C(O)C(F)(F)F.O=C(O)C(F)(F)F. The van der Waals surface area contributed by atoms with E-state index in [1.165, 1.54) is 0 Å². The summed E-state index contributed by atoms with van der Waals surface area (Å²) in [6.45, 7) is 1.67. The molecule has 1 heterocycles. The van der Waals surface area contributed by atoms with Crippen molar-refractivity contribution < 1.29 is 54.9 Å². The summed E-state index contributed by atoms with van der Waals surface area (Å²) in [6, 6.07) is -0.301. The van der Waals surface area contributed by atoms with E-state index in [1.807, 2.05) is 0 Å². The van der Waals surface area contributed by atoms with E-state index in [4.69, 9.17) is 25.5 Å². The summed E-state index contributed by atoms with van der Waals surface area (Å²) in [6.07, 6.45) is -8.66. The molecule has 0 aromatic heterocycles. The average molecular weight is 418 g/mol. The number of rotatable bonds is 0. The monoisotopic (exact) mass is 418 g/mol. The van der Waals surface area contributed by atoms with Gasteiger partial charge in [0.1, 0.15) is 0 Å². The maximum Gasteiger partial charge on any atom is 0.490 e. The fraction of sp³-hybridized carbons (Fsp3) is 0.846. The molecule has 6 nitrogen and oxygen atoms in total. The molecule has 1 atom stereocenters. The Morgan fingerprint density at radius 1 is 0.926 bits per heavy atom. The quantitative estimate of drug-likeness (QED) is 0.450. The highest BCUT2D eigenvalue weighted by atomic mass is 19.4. The molecule has 2 aliphatic rings. The summed E-state index contributed by atoms with van der Waals surface area (Å²) in [5, 5.41) is 17.4. The predicted molar refractivity (Wildman–Crippen MR) is 74.1 cm³/mol. The first-order valence-electron chi connectivity index (χ1n) is 7.37. The Hall–Kier alpha value is -1.70. The topological polar surface area (TPSA) is 113 Å². The van der Waals surface area contributed by atoms with Gasteiger partial charge in [-0.25, -0.2) is 18.4 Å². The Labute approximate surface area is 147 Å². The molecule has 160 valence electrons. The van der Waals surface area contributed by atoms with Crippen LogP contribution in [0.2, 0.25) is 0 Å². The Balaban J connectivity index is 0.000000416. The summed E-state index contributed by atoms with van der Waals surface area (Å²) >= 11 is 0. The van der Waals surface area contributed by atoms with Crippen LogP contribution in [0, 0.1) is 5.41 Å². The molecule has 2 rings (SSSR count). The Morgan fingerprint density at radius 3 is 1.48 bits per heavy atom. The maximum absolute atomic E-state index is 13.1. The van der Waals surface area contributed by atoms with Gasteiger partial charge in [0.25, 0.3) is 0 Å². The van der Waals surface area contributed by atoms with Gasteiger partial charge < -0.3 is 21.3 Å². The molecule has 0 bridgehead atoms. The number of hydrogen-bond donors (Lipinski definition) is 4. The van der Waals surface area contributed by atoms with Crippen LogP contribution in [0.1, 0.15) is 25.7 Å². The number of carboxylic acids is 2. The highest BCUT2D eigenvalue weighted by molar-refractivity contribution is 5.73. The highest BCUT2D eigenvalue weighted by Gasteiger charge is 2.54. The summed E-state index contributed by atoms with van der Waals surface area (Å²) in [4.78, 5) is 17.8. The van der Waals surface area contributed by atoms with E-state index in [0.717, 1.165) is 25.9 Å². The van der Waals surface area contributed by atoms with E-state index in [-0.39, 0.29) is 24.3 Å². The first kappa shape index (κ1) is 25.3. The fourth-order valence-corrected chi connectivity index (χ4v) is 2.73. The fourth-order valence-electron chi connectivity index (χ4n) is 2.73. The zero-order chi connectivity index (χ0) is 21.7. The molecular weight excluding hydrogens is 400 g/mol. The Morgan fingerprint density at radius 2 is 1.26 bits per heavy atom. The van der Waals surface area contributed by atoms with Gasteiger partial charge in [0.05, 0.1) is 0 Å². The maximum atomic E-state index is 13.1. The molecule has 1 aliphatic carbocycles. The van der Waals surface area contributed by atoms with Gasteiger partial charge >= 0.3 is 24.3 Å². The third-order valence-electron chi connectivity index (χ3n) is 4.00. The van der Waals surface area contributed by atoms with Crippen molar-refractivity contribution in [3.8, 4) is 0 Å². The van der Waals surface area contributed by atoms with Gasteiger partial charge in [0.2, 0.25) is 5.92 Å². The van der Waals surface area contributed by atoms with Gasteiger partial charge in [-0.1, -0.05) is 0 Å². The number of halogens is 8. The van der Waals surface area contributed by atoms with Crippen molar-refractivity contribution in [2.75, 3.05) is 13.1 Å². The van der Waals surface area contributed by atoms with Crippen LogP contribution in [-0.2, 0) is 9.59 Å². The van der Waals surface area contributed by atoms with Crippen LogP contribution in [0.25, 0.3) is 0 Å². The van der Waals surface area contributed by atoms with Gasteiger partial charge in [-0.15, -0.1) is 0 Å². The van der Waals surface area contributed by atoms with Crippen LogP contribution < -0.4 is 11.1 Å². The van der Waals surface area contributed by atoms with E-state index in [0.29, 0.717) is 0 Å². The molecule has 0 unspecified atom stereocenters. The highest BCUT2D eigenvalue weighted by Crippen LogP contribution is 2.51. The molecule has 5 N–H and O–H groups in total. The number of carbonyl (C=O) groups is 2. The van der Waals surface area contributed by atoms with Crippen molar-refractivity contribution in [2.24, 2.45) is 11.1 Å². The van der Waals surface area contributed by atoms with Crippen molar-refractivity contribution in [2.45, 2.75) is 50.0 Å². The van der Waals surface area contributed by atoms with Crippen LogP contribution in [-0.4, -0.2) is 59.6 Å². The number of alkyl halides is 8. The van der Waals surface area contributed by atoms with Crippen LogP contribution in [0.5, 0.6) is 0 Å². The summed E-state index contributed by atoms with van der Waals surface area (Å²) in [5.74, 6) is -8.03. The third kappa shape index (κ3) is 8.69. The predicted octanol–water partition coefficient (Wildman–Crippen LogP) is 2.38. The van der Waals surface area contributed by atoms with Crippen LogP contribution in [0.4, 0.5) is 35.1 Å². The van der Waals surface area contributed by atoms with Crippen molar-refractivity contribution in [3.63, 3.8) is 0 Å². The minimum absolute atomic E-state index is 0.00282. The van der Waals surface area contributed by atoms with E-state index in [2.05, 4.69) is 5.32 Å². The van der Waals surface area contributed by atoms with E-state index in [9.17, 15) is 35.1 Å². The van der Waals surface area contributed by atoms with Crippen LogP contribution >= 0.6 is 0 Å². The molecule has 1 aliphatic heterocycles. The largest absolute Gasteiger partial charge is 0.490 e. The first-order valence-corrected chi connectivity index (χ1v) is 7.37. The second-order valence-corrected chi connectivity index (χ2v) is 6.06. The van der Waals surface area contributed by atoms with E-state index < -0.39 is 30.2 Å². The van der Waals surface area contributed by atoms with Crippen molar-refractivity contribution >= 4 is 11.9 Å². The van der Waals surface area contributed by atoms with Crippen LogP contribution in [0.3, 0.4) is 0 Å². The zero-order valence-electron chi connectivity index (χ0n) is 13.6. The number of nitrogens with two attached hydrogens (primary N) is 1. The molecule has 14 heteroatoms. The summed E-state index contributed by atoms with van der Waals surface area (Å²) in [7, 11) is 0. The smallest absolute Gasteiger partial charge is 0.475 e. The number of aliphatic carboxylic acids is 2. The third-order valence-corrected chi connectivity index (χ3v) is 4.00. The van der Waals surface area contributed by atoms with Gasteiger partial charge in [-0.2, -0.15) is 26.3 Å². The molecule has 1 spiro atoms. The number of nitrogens with one attached hydrogen (secondary N) is 1. The lowest BCUT2D eigenvalue weighted by Gasteiger charge is -2.37. The lowest BCUT2D eigenvalue weighted by Crippen LogP contribution is -2.45. The standard InChI is InChI=1S/C9H16F2N2.2C2HF3O2/c10-9(11)5-7(12)8(6-9)1-3-13-4-2-8;2*3-2(4,5)1(6)7/h7,13H,1-6,12H2;2*(H,6,7)/t7-;;/m1../s1. The normalized spacial score (nSPS) is 23.5. The van der Waals surface area contributed by atoms with Crippen LogP contribution in [0.15, 0.2) is 0 Å². The number of hydrogen-bond acceptors (Lipinski definition) is 4. The minimum Gasteiger partial charge on any atom is -0.475 e. The average Bonchev–Trinajstić information content (AvgIpc) is 2.67. The lowest BCUT2D eigenvalue weighted by molar-refractivity contribution is -0.193. The van der Waals surface area contributed by atoms with Crippen molar-refractivity contribution in [1.29, 1.82) is 0 Å². The molecule has 27 heavy (non-hydrogen) atoms. The minimum atomic E-state index is -5.08. The Bertz CT molecular complexity index is 491. The summed E-state index contributed by atoms with van der Waals surface area (Å²) in [5.41, 5.74) is 5.54. The lowest BCUT2D eigenvalue weighted by atomic mass is 9.75. The van der Waals surface area contributed by atoms with E-state index >= 15 is 0 Å². The molecule has 0 aromatic rings. The number of carboxylic acid groups (broad SMARTS) is 2. The molecule has 1 saturated heterocycles. The molecule has 0 radical (unpaired) electrons. The number of piperidine rings is 1. The zero-order valence-corrected chi connectivity index (χ0v) is 13.6. The molecule has 1 saturated carbocycles. The Kier molecular flexibility index (Phi) is 8.43. The van der Waals surface area contributed by atoms with Gasteiger partial charge in [-0.3, -0.25) is 0 Å². The molecule has 2 fully saturated rings. The van der Waals surface area contributed by atoms with Crippen molar-refractivity contribution in [3.05, 3.63) is 0 Å². The summed E-state index contributed by atoms with van der Waals surface area (Å²) < 4.78 is 89.7. The molecule has 0 aromatic carbocycles. The first-order chi connectivity index (χ1) is 11.9.